The van der Waals surface area contributed by atoms with E-state index in [0.29, 0.717) is 4.21 Å². The van der Waals surface area contributed by atoms with Crippen LogP contribution >= 0.6 is 11.3 Å². The second-order valence-electron chi connectivity index (χ2n) is 4.84. The van der Waals surface area contributed by atoms with Crippen LogP contribution in [0.15, 0.2) is 16.3 Å². The Balaban J connectivity index is 2.67. The van der Waals surface area contributed by atoms with Crippen LogP contribution in [0, 0.1) is 0 Å². The van der Waals surface area contributed by atoms with Gasteiger partial charge >= 0.3 is 0 Å². The minimum atomic E-state index is -3.36. The molecule has 116 valence electrons. The van der Waals surface area contributed by atoms with Crippen molar-refractivity contribution in [3.63, 3.8) is 0 Å². The van der Waals surface area contributed by atoms with Crippen LogP contribution < -0.4 is 10.0 Å². The van der Waals surface area contributed by atoms with Crippen molar-refractivity contribution in [3.05, 3.63) is 17.0 Å². The third kappa shape index (κ3) is 5.52. The van der Waals surface area contributed by atoms with Crippen LogP contribution in [0.25, 0.3) is 0 Å². The predicted octanol–water partition coefficient (Wildman–Crippen LogP) is 2.76. The fourth-order valence-corrected chi connectivity index (χ4v) is 4.72. The molecule has 0 bridgehead atoms. The highest BCUT2D eigenvalue weighted by Crippen LogP contribution is 2.22. The van der Waals surface area contributed by atoms with Gasteiger partial charge in [-0.25, -0.2) is 13.1 Å². The van der Waals surface area contributed by atoms with E-state index in [4.69, 9.17) is 0 Å². The molecule has 0 aliphatic heterocycles. The van der Waals surface area contributed by atoms with E-state index in [-0.39, 0.29) is 6.04 Å². The summed E-state index contributed by atoms with van der Waals surface area (Å²) in [4.78, 5) is 1.11. The second-order valence-corrected chi connectivity index (χ2v) is 7.95. The van der Waals surface area contributed by atoms with Gasteiger partial charge in [-0.2, -0.15) is 0 Å². The molecule has 1 aromatic heterocycles. The third-order valence-electron chi connectivity index (χ3n) is 3.15. The zero-order chi connectivity index (χ0) is 15.0. The summed E-state index contributed by atoms with van der Waals surface area (Å²) in [7, 11) is -3.36. The van der Waals surface area contributed by atoms with Crippen LogP contribution in [0.1, 0.15) is 44.9 Å². The molecule has 0 aromatic carbocycles. The minimum absolute atomic E-state index is 0.0392. The molecule has 4 nitrogen and oxygen atoms in total. The first-order chi connectivity index (χ1) is 9.53. The molecule has 2 N–H and O–H groups in total. The molecule has 1 rings (SSSR count). The molecule has 0 saturated carbocycles. The van der Waals surface area contributed by atoms with Gasteiger partial charge in [-0.1, -0.05) is 27.2 Å². The van der Waals surface area contributed by atoms with Crippen molar-refractivity contribution in [1.29, 1.82) is 0 Å². The van der Waals surface area contributed by atoms with Crippen molar-refractivity contribution in [3.8, 4) is 0 Å². The molecule has 0 aliphatic carbocycles. The summed E-state index contributed by atoms with van der Waals surface area (Å²) in [5.74, 6) is 0. The summed E-state index contributed by atoms with van der Waals surface area (Å²) in [6, 6.07) is 3.67. The van der Waals surface area contributed by atoms with Crippen molar-refractivity contribution in [2.24, 2.45) is 0 Å². The van der Waals surface area contributed by atoms with Crippen LogP contribution in [-0.2, 0) is 16.4 Å². The molecule has 0 saturated heterocycles. The van der Waals surface area contributed by atoms with Gasteiger partial charge in [0, 0.05) is 10.9 Å². The van der Waals surface area contributed by atoms with Crippen LogP contribution in [0.3, 0.4) is 0 Å². The molecule has 0 amide bonds. The Bertz CT molecular complexity index is 483. The van der Waals surface area contributed by atoms with Crippen molar-refractivity contribution in [1.82, 2.24) is 10.0 Å². The van der Waals surface area contributed by atoms with Crippen molar-refractivity contribution < 1.29 is 8.42 Å². The van der Waals surface area contributed by atoms with Crippen molar-refractivity contribution in [2.45, 2.75) is 56.7 Å². The van der Waals surface area contributed by atoms with E-state index < -0.39 is 10.0 Å². The molecule has 0 spiro atoms. The Hall–Kier alpha value is -0.430. The highest BCUT2D eigenvalue weighted by Gasteiger charge is 2.20. The number of rotatable bonds is 10. The Morgan fingerprint density at radius 3 is 2.60 bits per heavy atom. The average molecular weight is 319 g/mol. The Labute approximate surface area is 127 Å². The van der Waals surface area contributed by atoms with Gasteiger partial charge in [0.1, 0.15) is 4.21 Å². The van der Waals surface area contributed by atoms with Crippen LogP contribution in [0.4, 0.5) is 0 Å². The van der Waals surface area contributed by atoms with Gasteiger partial charge in [-0.15, -0.1) is 11.3 Å². The van der Waals surface area contributed by atoms with Crippen LogP contribution in [0.5, 0.6) is 0 Å². The van der Waals surface area contributed by atoms with Gasteiger partial charge in [0.15, 0.2) is 0 Å². The van der Waals surface area contributed by atoms with Gasteiger partial charge in [0.2, 0.25) is 10.0 Å². The maximum atomic E-state index is 12.3. The number of thiophene rings is 1. The standard InChI is InChI=1S/C14H26N2O2S2/c1-4-7-12(5-2)16-20(17,18)14-9-8-13(19-14)10-11-15-6-3/h8-9,12,15-16H,4-7,10-11H2,1-3H3. The lowest BCUT2D eigenvalue weighted by molar-refractivity contribution is 0.513. The zero-order valence-corrected chi connectivity index (χ0v) is 14.2. The SMILES string of the molecule is CCCC(CC)NS(=O)(=O)c1ccc(CCNCC)s1. The van der Waals surface area contributed by atoms with Crippen molar-refractivity contribution in [2.75, 3.05) is 13.1 Å². The Morgan fingerprint density at radius 1 is 1.25 bits per heavy atom. The molecule has 6 heteroatoms. The first-order valence-electron chi connectivity index (χ1n) is 7.35. The first kappa shape index (κ1) is 17.6. The topological polar surface area (TPSA) is 58.2 Å². The second kappa shape index (κ2) is 8.77. The smallest absolute Gasteiger partial charge is 0.250 e. The zero-order valence-electron chi connectivity index (χ0n) is 12.6. The summed E-state index contributed by atoms with van der Waals surface area (Å²) in [6.07, 6.45) is 3.57. The monoisotopic (exact) mass is 318 g/mol. The lowest BCUT2D eigenvalue weighted by Crippen LogP contribution is -2.33. The van der Waals surface area contributed by atoms with E-state index >= 15 is 0 Å². The number of nitrogens with one attached hydrogen (secondary N) is 2. The molecule has 1 heterocycles. The molecule has 1 atom stereocenters. The molecular weight excluding hydrogens is 292 g/mol. The first-order valence-corrected chi connectivity index (χ1v) is 9.65. The normalized spacial score (nSPS) is 13.6. The van der Waals surface area contributed by atoms with Gasteiger partial charge in [0.05, 0.1) is 0 Å². The Kier molecular flexibility index (Phi) is 7.72. The molecule has 20 heavy (non-hydrogen) atoms. The van der Waals surface area contributed by atoms with E-state index in [1.54, 1.807) is 6.07 Å². The predicted molar refractivity (Wildman–Crippen MR) is 85.9 cm³/mol. The summed E-state index contributed by atoms with van der Waals surface area (Å²) >= 11 is 1.37. The van der Waals surface area contributed by atoms with E-state index in [1.807, 2.05) is 13.0 Å². The maximum absolute atomic E-state index is 12.3. The van der Waals surface area contributed by atoms with Crippen LogP contribution in [-0.4, -0.2) is 27.5 Å². The average Bonchev–Trinajstić information content (AvgIpc) is 2.88. The number of hydrogen-bond donors (Lipinski definition) is 2. The quantitative estimate of drug-likeness (QED) is 0.652. The number of sulfonamides is 1. The van der Waals surface area contributed by atoms with Gasteiger partial charge in [-0.3, -0.25) is 0 Å². The fourth-order valence-electron chi connectivity index (χ4n) is 2.00. The summed E-state index contributed by atoms with van der Waals surface area (Å²) < 4.78 is 27.8. The Morgan fingerprint density at radius 2 is 2.00 bits per heavy atom. The largest absolute Gasteiger partial charge is 0.317 e. The lowest BCUT2D eigenvalue weighted by Gasteiger charge is -2.15. The summed E-state index contributed by atoms with van der Waals surface area (Å²) in [5, 5.41) is 3.24. The number of hydrogen-bond acceptors (Lipinski definition) is 4. The van der Waals surface area contributed by atoms with E-state index in [1.165, 1.54) is 11.3 Å². The molecular formula is C14H26N2O2S2. The minimum Gasteiger partial charge on any atom is -0.317 e. The van der Waals surface area contributed by atoms with Crippen LogP contribution in [0.2, 0.25) is 0 Å². The number of likely N-dealkylation sites (N-methyl/N-ethyl adjacent to an activating group) is 1. The molecule has 0 radical (unpaired) electrons. The lowest BCUT2D eigenvalue weighted by atomic mass is 10.1. The van der Waals surface area contributed by atoms with E-state index in [0.717, 1.165) is 43.6 Å². The fraction of sp³-hybridized carbons (Fsp3) is 0.714. The third-order valence-corrected chi connectivity index (χ3v) is 6.31. The van der Waals surface area contributed by atoms with Gasteiger partial charge in [-0.05, 0) is 44.5 Å². The highest BCUT2D eigenvalue weighted by molar-refractivity contribution is 7.91. The van der Waals surface area contributed by atoms with Crippen molar-refractivity contribution >= 4 is 21.4 Å². The van der Waals surface area contributed by atoms with Gasteiger partial charge in [0.25, 0.3) is 0 Å². The van der Waals surface area contributed by atoms with E-state index in [9.17, 15) is 8.42 Å². The molecule has 0 fully saturated rings. The maximum Gasteiger partial charge on any atom is 0.250 e. The van der Waals surface area contributed by atoms with E-state index in [2.05, 4.69) is 23.9 Å². The summed E-state index contributed by atoms with van der Waals surface area (Å²) in [6.45, 7) is 7.97. The summed E-state index contributed by atoms with van der Waals surface area (Å²) in [5.41, 5.74) is 0. The molecule has 1 aromatic rings. The molecule has 0 aliphatic rings. The van der Waals surface area contributed by atoms with Gasteiger partial charge < -0.3 is 5.32 Å². The highest BCUT2D eigenvalue weighted by atomic mass is 32.2. The molecule has 1 unspecified atom stereocenters.